The summed E-state index contributed by atoms with van der Waals surface area (Å²) in [5.74, 6) is -2.40. The Kier molecular flexibility index (Phi) is 4.51. The molecule has 150 valence electrons. The van der Waals surface area contributed by atoms with Gasteiger partial charge in [0.1, 0.15) is 16.4 Å². The highest BCUT2D eigenvalue weighted by atomic mass is 32.5. The van der Waals surface area contributed by atoms with E-state index >= 15 is 0 Å². The number of halogens is 6. The first-order chi connectivity index (χ1) is 12.1. The molecule has 1 amide bonds. The minimum atomic E-state index is -10.00. The van der Waals surface area contributed by atoms with Gasteiger partial charge in [-0.25, -0.2) is 9.37 Å². The number of anilines is 1. The van der Waals surface area contributed by atoms with Crippen LogP contribution in [0.4, 0.5) is 29.8 Å². The fraction of sp³-hybridized carbons (Fsp3) is 0.214. The molecule has 1 aromatic heterocycles. The lowest BCUT2D eigenvalue weighted by atomic mass is 10.2. The second kappa shape index (κ2) is 5.90. The van der Waals surface area contributed by atoms with Gasteiger partial charge in [-0.2, -0.15) is 0 Å². The first kappa shape index (κ1) is 20.6. The van der Waals surface area contributed by atoms with Crippen LogP contribution in [0.25, 0.3) is 0 Å². The highest BCUT2D eigenvalue weighted by Gasteiger charge is 2.65. The van der Waals surface area contributed by atoms with Crippen molar-refractivity contribution in [2.24, 2.45) is 0 Å². The summed E-state index contributed by atoms with van der Waals surface area (Å²) in [5.41, 5.74) is -1.40. The Morgan fingerprint density at radius 2 is 1.81 bits per heavy atom. The number of carbonyl (C=O) groups is 1. The van der Waals surface area contributed by atoms with E-state index in [0.717, 1.165) is 6.07 Å². The average molecular weight is 416 g/mol. The van der Waals surface area contributed by atoms with E-state index in [2.05, 4.69) is 15.3 Å². The number of amides is 1. The molecular formula is C14H14F6N4O2S. The number of H-pyrrole nitrogens is 1. The van der Waals surface area contributed by atoms with Gasteiger partial charge < -0.3 is 10.2 Å². The van der Waals surface area contributed by atoms with Gasteiger partial charge in [0.05, 0.1) is 0 Å². The number of rotatable bonds is 5. The number of aromatic amines is 1. The smallest absolute Gasteiger partial charge is 0.310 e. The molecule has 1 aromatic carbocycles. The maximum Gasteiger partial charge on any atom is 0.310 e. The van der Waals surface area contributed by atoms with Crippen molar-refractivity contribution in [1.82, 2.24) is 15.3 Å². The third-order valence-corrected chi connectivity index (χ3v) is 4.44. The molecular weight excluding hydrogens is 402 g/mol. The molecule has 0 radical (unpaired) electrons. The first-order valence-corrected chi connectivity index (χ1v) is 9.11. The van der Waals surface area contributed by atoms with Gasteiger partial charge in [0.2, 0.25) is 5.95 Å². The molecule has 13 heteroatoms. The van der Waals surface area contributed by atoms with Crippen LogP contribution in [-0.2, 0) is 6.54 Å². The van der Waals surface area contributed by atoms with Crippen LogP contribution < -0.4 is 15.8 Å². The van der Waals surface area contributed by atoms with Crippen molar-refractivity contribution in [3.8, 4) is 0 Å². The fourth-order valence-corrected chi connectivity index (χ4v) is 2.60. The lowest BCUT2D eigenvalue weighted by Gasteiger charge is -2.40. The molecule has 0 aliphatic heterocycles. The zero-order chi connectivity index (χ0) is 20.7. The lowest BCUT2D eigenvalue weighted by molar-refractivity contribution is 0.0945. The Bertz CT molecular complexity index is 959. The highest BCUT2D eigenvalue weighted by Crippen LogP contribution is 3.02. The molecule has 27 heavy (non-hydrogen) atoms. The van der Waals surface area contributed by atoms with E-state index in [1.54, 1.807) is 14.1 Å². The molecule has 2 aromatic rings. The van der Waals surface area contributed by atoms with Crippen LogP contribution in [0.5, 0.6) is 0 Å². The topological polar surface area (TPSA) is 78.1 Å². The minimum Gasteiger partial charge on any atom is -0.348 e. The predicted molar refractivity (Wildman–Crippen MR) is 88.2 cm³/mol. The van der Waals surface area contributed by atoms with Crippen molar-refractivity contribution < 1.29 is 28.6 Å². The summed E-state index contributed by atoms with van der Waals surface area (Å²) in [7, 11) is -6.90. The highest BCUT2D eigenvalue weighted by molar-refractivity contribution is 8.45. The van der Waals surface area contributed by atoms with Crippen LogP contribution >= 0.6 is 10.2 Å². The van der Waals surface area contributed by atoms with Gasteiger partial charge in [-0.15, -0.1) is 0 Å². The van der Waals surface area contributed by atoms with Crippen LogP contribution in [0.1, 0.15) is 16.1 Å². The number of nitrogens with one attached hydrogen (secondary N) is 2. The van der Waals surface area contributed by atoms with Crippen molar-refractivity contribution in [1.29, 1.82) is 0 Å². The van der Waals surface area contributed by atoms with Crippen LogP contribution in [0.15, 0.2) is 34.0 Å². The molecule has 0 aliphatic rings. The summed E-state index contributed by atoms with van der Waals surface area (Å²) in [5, 5.41) is 2.15. The van der Waals surface area contributed by atoms with E-state index in [1.807, 2.05) is 0 Å². The Hall–Kier alpha value is -2.70. The summed E-state index contributed by atoms with van der Waals surface area (Å²) in [6.45, 7) is -0.600. The van der Waals surface area contributed by atoms with Gasteiger partial charge in [0.25, 0.3) is 11.5 Å². The zero-order valence-corrected chi connectivity index (χ0v) is 14.7. The SMILES string of the molecule is CN(C)c1nc(C(=O)NCc2ccc(S(F)(F)(F)(F)F)cc2F)cc(=O)[nH]1. The summed E-state index contributed by atoms with van der Waals surface area (Å²) in [6.07, 6.45) is 0. The summed E-state index contributed by atoms with van der Waals surface area (Å²) < 4.78 is 77.0. The maximum atomic E-state index is 13.8. The zero-order valence-electron chi connectivity index (χ0n) is 13.9. The quantitative estimate of drug-likeness (QED) is 0.731. The molecule has 0 bridgehead atoms. The molecule has 2 rings (SSSR count). The Morgan fingerprint density at radius 3 is 2.33 bits per heavy atom. The number of hydrogen-bond acceptors (Lipinski definition) is 4. The Morgan fingerprint density at radius 1 is 1.19 bits per heavy atom. The van der Waals surface area contributed by atoms with E-state index in [1.165, 1.54) is 4.90 Å². The third-order valence-electron chi connectivity index (χ3n) is 3.29. The van der Waals surface area contributed by atoms with E-state index in [4.69, 9.17) is 0 Å². The van der Waals surface area contributed by atoms with Gasteiger partial charge in [-0.1, -0.05) is 25.5 Å². The van der Waals surface area contributed by atoms with E-state index in [-0.39, 0.29) is 23.8 Å². The summed E-state index contributed by atoms with van der Waals surface area (Å²) >= 11 is 0. The molecule has 6 nitrogen and oxygen atoms in total. The van der Waals surface area contributed by atoms with E-state index in [0.29, 0.717) is 6.07 Å². The van der Waals surface area contributed by atoms with Gasteiger partial charge >= 0.3 is 10.2 Å². The standard InChI is InChI=1S/C14H14F6N4O2S/c1-24(2)14-22-11(6-12(25)23-14)13(26)21-7-8-3-4-9(5-10(8)15)27(16,17,18,19)20/h3-6H,7H2,1-2H3,(H,21,26)(H,22,23,25). The van der Waals surface area contributed by atoms with Gasteiger partial charge in [0.15, 0.2) is 0 Å². The van der Waals surface area contributed by atoms with Gasteiger partial charge in [0, 0.05) is 32.3 Å². The number of carbonyl (C=O) groups excluding carboxylic acids is 1. The molecule has 0 unspecified atom stereocenters. The second-order valence-electron chi connectivity index (χ2n) is 5.75. The average Bonchev–Trinajstić information content (AvgIpc) is 2.50. The Balaban J connectivity index is 2.21. The summed E-state index contributed by atoms with van der Waals surface area (Å²) in [4.78, 5) is 28.8. The minimum absolute atomic E-state index is 0.0434. The van der Waals surface area contributed by atoms with Crippen LogP contribution in [0.3, 0.4) is 0 Å². The van der Waals surface area contributed by atoms with Gasteiger partial charge in [-0.3, -0.25) is 14.6 Å². The Labute approximate surface area is 148 Å². The van der Waals surface area contributed by atoms with Crippen molar-refractivity contribution in [3.05, 3.63) is 51.7 Å². The van der Waals surface area contributed by atoms with Crippen molar-refractivity contribution in [2.45, 2.75) is 11.4 Å². The molecule has 0 aliphatic carbocycles. The molecule has 0 atom stereocenters. The third kappa shape index (κ3) is 5.15. The molecule has 0 spiro atoms. The fourth-order valence-electron chi connectivity index (χ4n) is 1.95. The van der Waals surface area contributed by atoms with Crippen molar-refractivity contribution in [3.63, 3.8) is 0 Å². The first-order valence-electron chi connectivity index (χ1n) is 7.16. The molecule has 0 saturated carbocycles. The van der Waals surface area contributed by atoms with Crippen molar-refractivity contribution in [2.75, 3.05) is 19.0 Å². The molecule has 0 fully saturated rings. The lowest BCUT2D eigenvalue weighted by Crippen LogP contribution is -2.28. The monoisotopic (exact) mass is 416 g/mol. The number of hydrogen-bond donors (Lipinski definition) is 2. The van der Waals surface area contributed by atoms with Crippen molar-refractivity contribution >= 4 is 22.1 Å². The van der Waals surface area contributed by atoms with E-state index in [9.17, 15) is 33.4 Å². The summed E-state index contributed by atoms with van der Waals surface area (Å²) in [6, 6.07) is 1.09. The maximum absolute atomic E-state index is 13.8. The number of nitrogens with zero attached hydrogens (tertiary/aromatic N) is 2. The van der Waals surface area contributed by atoms with Gasteiger partial charge in [-0.05, 0) is 12.1 Å². The number of benzene rings is 1. The predicted octanol–water partition coefficient (Wildman–Crippen LogP) is 3.56. The van der Waals surface area contributed by atoms with E-state index < -0.39 is 44.5 Å². The second-order valence-corrected chi connectivity index (χ2v) is 8.16. The molecule has 0 saturated heterocycles. The molecule has 1 heterocycles. The van der Waals surface area contributed by atoms with Crippen LogP contribution in [-0.4, -0.2) is 30.0 Å². The normalized spacial score (nSPS) is 14.2. The van der Waals surface area contributed by atoms with Crippen LogP contribution in [0, 0.1) is 5.82 Å². The molecule has 2 N–H and O–H groups in total. The largest absolute Gasteiger partial charge is 0.348 e. The van der Waals surface area contributed by atoms with Crippen LogP contribution in [0.2, 0.25) is 0 Å². The number of aromatic nitrogens is 2.